The molecule has 0 radical (unpaired) electrons. The zero-order valence-corrected chi connectivity index (χ0v) is 15.3. The van der Waals surface area contributed by atoms with Crippen LogP contribution in [0.2, 0.25) is 5.02 Å². The summed E-state index contributed by atoms with van der Waals surface area (Å²) < 4.78 is 49.3. The maximum atomic E-state index is 12.8. The van der Waals surface area contributed by atoms with Gasteiger partial charge in [-0.05, 0) is 43.0 Å². The van der Waals surface area contributed by atoms with Crippen LogP contribution in [0.15, 0.2) is 39.5 Å². The Kier molecular flexibility index (Phi) is 4.49. The molecule has 0 saturated heterocycles. The van der Waals surface area contributed by atoms with Crippen molar-refractivity contribution in [2.75, 3.05) is 0 Å². The van der Waals surface area contributed by atoms with Crippen LogP contribution in [-0.4, -0.2) is 4.92 Å². The summed E-state index contributed by atoms with van der Waals surface area (Å²) in [5.74, 6) is -0.504. The van der Waals surface area contributed by atoms with Crippen molar-refractivity contribution < 1.29 is 27.2 Å². The van der Waals surface area contributed by atoms with Gasteiger partial charge in [-0.15, -0.1) is 0 Å². The molecule has 0 amide bonds. The van der Waals surface area contributed by atoms with Crippen molar-refractivity contribution >= 4 is 28.3 Å². The third kappa shape index (κ3) is 3.42. The summed E-state index contributed by atoms with van der Waals surface area (Å²) in [4.78, 5) is 22.4. The first-order valence-electron chi connectivity index (χ1n) is 8.47. The molecule has 0 unspecified atom stereocenters. The highest BCUT2D eigenvalue weighted by molar-refractivity contribution is 6.32. The number of hydrogen-bond acceptors (Lipinski definition) is 5. The quantitative estimate of drug-likeness (QED) is 0.307. The van der Waals surface area contributed by atoms with Crippen molar-refractivity contribution in [3.63, 3.8) is 0 Å². The lowest BCUT2D eigenvalue weighted by molar-refractivity contribution is -0.385. The van der Waals surface area contributed by atoms with E-state index in [0.29, 0.717) is 35.9 Å². The van der Waals surface area contributed by atoms with Crippen molar-refractivity contribution in [1.82, 2.24) is 0 Å². The number of nitro groups is 1. The van der Waals surface area contributed by atoms with Gasteiger partial charge in [-0.3, -0.25) is 10.1 Å². The Morgan fingerprint density at radius 2 is 1.83 bits per heavy atom. The zero-order chi connectivity index (χ0) is 20.9. The molecule has 1 aliphatic carbocycles. The fourth-order valence-electron chi connectivity index (χ4n) is 3.40. The molecule has 0 saturated carbocycles. The average molecular weight is 426 g/mol. The van der Waals surface area contributed by atoms with Gasteiger partial charge in [0.15, 0.2) is 0 Å². The Morgan fingerprint density at radius 1 is 1.10 bits per heavy atom. The van der Waals surface area contributed by atoms with E-state index in [2.05, 4.69) is 0 Å². The summed E-state index contributed by atoms with van der Waals surface area (Å²) in [5.41, 5.74) is -0.900. The molecule has 6 nitrogen and oxygen atoms in total. The van der Waals surface area contributed by atoms with Crippen molar-refractivity contribution in [1.29, 1.82) is 0 Å². The molecule has 0 aliphatic heterocycles. The van der Waals surface area contributed by atoms with E-state index in [-0.39, 0.29) is 16.4 Å². The van der Waals surface area contributed by atoms with Crippen molar-refractivity contribution in [2.24, 2.45) is 0 Å². The normalized spacial score (nSPS) is 13.5. The number of hydrogen-bond donors (Lipinski definition) is 0. The van der Waals surface area contributed by atoms with E-state index in [1.54, 1.807) is 0 Å². The topological polar surface area (TPSA) is 82.6 Å². The monoisotopic (exact) mass is 425 g/mol. The molecular formula is C19H11ClF3NO5. The molecule has 1 aliphatic rings. The van der Waals surface area contributed by atoms with Crippen LogP contribution in [-0.2, 0) is 19.0 Å². The van der Waals surface area contributed by atoms with Gasteiger partial charge in [0.25, 0.3) is 0 Å². The van der Waals surface area contributed by atoms with Crippen LogP contribution in [0.25, 0.3) is 11.0 Å². The predicted octanol–water partition coefficient (Wildman–Crippen LogP) is 5.65. The van der Waals surface area contributed by atoms with E-state index in [1.807, 2.05) is 0 Å². The van der Waals surface area contributed by atoms with Gasteiger partial charge in [-0.1, -0.05) is 11.6 Å². The first-order valence-corrected chi connectivity index (χ1v) is 8.84. The van der Waals surface area contributed by atoms with E-state index in [4.69, 9.17) is 20.8 Å². The van der Waals surface area contributed by atoms with Gasteiger partial charge in [0, 0.05) is 23.1 Å². The minimum atomic E-state index is -4.74. The minimum Gasteiger partial charge on any atom is -0.448 e. The highest BCUT2D eigenvalue weighted by atomic mass is 35.5. The van der Waals surface area contributed by atoms with Gasteiger partial charge >= 0.3 is 17.5 Å². The molecule has 3 aromatic rings. The van der Waals surface area contributed by atoms with E-state index < -0.39 is 33.7 Å². The first-order chi connectivity index (χ1) is 13.6. The third-order valence-corrected chi connectivity index (χ3v) is 5.02. The second-order valence-electron chi connectivity index (χ2n) is 6.52. The van der Waals surface area contributed by atoms with Gasteiger partial charge in [0.1, 0.15) is 11.3 Å². The molecule has 1 aromatic heterocycles. The standard InChI is InChI=1S/C19H11ClF3NO5/c20-13-7-12-10-2-1-3-11(10)18(25)29-16(12)8-17(13)28-15-5-4-9(19(21,22)23)6-14(15)24(26)27/h4-8H,1-3H2. The molecule has 0 bridgehead atoms. The number of benzene rings is 2. The fourth-order valence-corrected chi connectivity index (χ4v) is 3.60. The molecule has 150 valence electrons. The Bertz CT molecular complexity index is 1220. The van der Waals surface area contributed by atoms with Gasteiger partial charge in [-0.25, -0.2) is 4.79 Å². The van der Waals surface area contributed by atoms with Crippen LogP contribution >= 0.6 is 11.6 Å². The third-order valence-electron chi connectivity index (χ3n) is 4.73. The molecule has 4 rings (SSSR count). The number of rotatable bonds is 3. The summed E-state index contributed by atoms with van der Waals surface area (Å²) in [5, 5.41) is 11.9. The Hall–Kier alpha value is -3.07. The molecule has 0 spiro atoms. The summed E-state index contributed by atoms with van der Waals surface area (Å²) >= 11 is 6.24. The number of halogens is 4. The van der Waals surface area contributed by atoms with Crippen molar-refractivity contribution in [2.45, 2.75) is 25.4 Å². The Labute approximate surface area is 165 Å². The second kappa shape index (κ2) is 6.77. The highest BCUT2D eigenvalue weighted by Crippen LogP contribution is 2.41. The van der Waals surface area contributed by atoms with E-state index in [0.717, 1.165) is 18.1 Å². The number of alkyl halides is 3. The van der Waals surface area contributed by atoms with Gasteiger partial charge in [-0.2, -0.15) is 13.2 Å². The number of fused-ring (bicyclic) bond motifs is 3. The SMILES string of the molecule is O=c1oc2cc(Oc3ccc(C(F)(F)F)cc3[N+](=O)[O-])c(Cl)cc2c2c1CCC2. The molecule has 0 fully saturated rings. The molecule has 0 atom stereocenters. The van der Waals surface area contributed by atoms with E-state index in [1.165, 1.54) is 12.1 Å². The van der Waals surface area contributed by atoms with Crippen molar-refractivity contribution in [3.05, 3.63) is 72.6 Å². The summed E-state index contributed by atoms with van der Waals surface area (Å²) in [7, 11) is 0. The Morgan fingerprint density at radius 3 is 2.52 bits per heavy atom. The lowest BCUT2D eigenvalue weighted by atomic mass is 10.1. The molecule has 10 heteroatoms. The molecular weight excluding hydrogens is 415 g/mol. The second-order valence-corrected chi connectivity index (χ2v) is 6.93. The Balaban J connectivity index is 1.81. The summed E-state index contributed by atoms with van der Waals surface area (Å²) in [6.45, 7) is 0. The summed E-state index contributed by atoms with van der Waals surface area (Å²) in [6.07, 6.45) is -2.62. The largest absolute Gasteiger partial charge is 0.448 e. The fraction of sp³-hybridized carbons (Fsp3) is 0.211. The van der Waals surface area contributed by atoms with E-state index >= 15 is 0 Å². The maximum Gasteiger partial charge on any atom is 0.416 e. The maximum absolute atomic E-state index is 12.8. The first kappa shape index (κ1) is 19.3. The number of aryl methyl sites for hydroxylation is 1. The van der Waals surface area contributed by atoms with Gasteiger partial charge in [0.05, 0.1) is 15.5 Å². The van der Waals surface area contributed by atoms with Crippen LogP contribution in [0.4, 0.5) is 18.9 Å². The van der Waals surface area contributed by atoms with Crippen LogP contribution in [0.5, 0.6) is 11.5 Å². The summed E-state index contributed by atoms with van der Waals surface area (Å²) in [6, 6.07) is 4.73. The smallest absolute Gasteiger partial charge is 0.416 e. The zero-order valence-electron chi connectivity index (χ0n) is 14.5. The van der Waals surface area contributed by atoms with Gasteiger partial charge < -0.3 is 9.15 Å². The lowest BCUT2D eigenvalue weighted by Crippen LogP contribution is -2.07. The molecule has 0 N–H and O–H groups in total. The van der Waals surface area contributed by atoms with Crippen molar-refractivity contribution in [3.8, 4) is 11.5 Å². The minimum absolute atomic E-state index is 0.0784. The average Bonchev–Trinajstić information content (AvgIpc) is 3.13. The number of ether oxygens (including phenoxy) is 1. The highest BCUT2D eigenvalue weighted by Gasteiger charge is 2.33. The number of nitrogens with zero attached hydrogens (tertiary/aromatic N) is 1. The van der Waals surface area contributed by atoms with Crippen LogP contribution < -0.4 is 10.4 Å². The van der Waals surface area contributed by atoms with Crippen LogP contribution in [0.1, 0.15) is 23.1 Å². The van der Waals surface area contributed by atoms with Gasteiger partial charge in [0.2, 0.25) is 5.75 Å². The molecule has 2 aromatic carbocycles. The van der Waals surface area contributed by atoms with Crippen LogP contribution in [0, 0.1) is 10.1 Å². The predicted molar refractivity (Wildman–Crippen MR) is 97.7 cm³/mol. The van der Waals surface area contributed by atoms with Crippen LogP contribution in [0.3, 0.4) is 0 Å². The molecule has 1 heterocycles. The molecule has 29 heavy (non-hydrogen) atoms. The lowest BCUT2D eigenvalue weighted by Gasteiger charge is -2.12. The number of nitro benzene ring substituents is 1. The van der Waals surface area contributed by atoms with E-state index in [9.17, 15) is 28.1 Å².